The number of benzene rings is 2. The van der Waals surface area contributed by atoms with E-state index in [4.69, 9.17) is 21.1 Å². The monoisotopic (exact) mass is 549 g/mol. The highest BCUT2D eigenvalue weighted by Crippen LogP contribution is 2.36. The van der Waals surface area contributed by atoms with E-state index in [2.05, 4.69) is 5.32 Å². The van der Waals surface area contributed by atoms with Crippen molar-refractivity contribution in [3.63, 3.8) is 0 Å². The summed E-state index contributed by atoms with van der Waals surface area (Å²) in [5.74, 6) is -2.66. The summed E-state index contributed by atoms with van der Waals surface area (Å²) in [6.07, 6.45) is -1.70. The van der Waals surface area contributed by atoms with Gasteiger partial charge in [-0.2, -0.15) is 0 Å². The van der Waals surface area contributed by atoms with Gasteiger partial charge in [-0.1, -0.05) is 54.1 Å². The summed E-state index contributed by atoms with van der Waals surface area (Å²) >= 11 is 7.12. The lowest BCUT2D eigenvalue weighted by atomic mass is 10.1. The van der Waals surface area contributed by atoms with Crippen molar-refractivity contribution < 1.29 is 32.3 Å². The molecule has 1 N–H and O–H groups in total. The van der Waals surface area contributed by atoms with Crippen LogP contribution in [0.1, 0.15) is 30.6 Å². The van der Waals surface area contributed by atoms with Crippen LogP contribution in [0.15, 0.2) is 65.6 Å². The van der Waals surface area contributed by atoms with Crippen LogP contribution < -0.4 is 5.32 Å². The average molecular weight is 550 g/mol. The number of hydrogen-bond acceptors (Lipinski definition) is 8. The van der Waals surface area contributed by atoms with Crippen molar-refractivity contribution in [1.29, 1.82) is 0 Å². The molecule has 3 rings (SSSR count). The van der Waals surface area contributed by atoms with Gasteiger partial charge in [-0.3, -0.25) is 9.59 Å². The van der Waals surface area contributed by atoms with Crippen LogP contribution in [0.3, 0.4) is 0 Å². The zero-order valence-corrected chi connectivity index (χ0v) is 21.9. The van der Waals surface area contributed by atoms with Crippen molar-refractivity contribution in [1.82, 2.24) is 0 Å². The van der Waals surface area contributed by atoms with Gasteiger partial charge in [0.15, 0.2) is 15.9 Å². The Bertz CT molecular complexity index is 1350. The van der Waals surface area contributed by atoms with Gasteiger partial charge >= 0.3 is 11.9 Å². The summed E-state index contributed by atoms with van der Waals surface area (Å²) in [4.78, 5) is 38.1. The first-order valence-electron chi connectivity index (χ1n) is 11.0. The number of sulfone groups is 1. The Balaban J connectivity index is 1.66. The molecule has 0 bridgehead atoms. The number of nitrogens with one attached hydrogen (secondary N) is 1. The van der Waals surface area contributed by atoms with Crippen molar-refractivity contribution in [2.75, 3.05) is 17.7 Å². The minimum Gasteiger partial charge on any atom is -0.462 e. The molecule has 190 valence electrons. The summed E-state index contributed by atoms with van der Waals surface area (Å²) in [6.45, 7) is 3.19. The lowest BCUT2D eigenvalue weighted by molar-refractivity contribution is -0.152. The third-order valence-electron chi connectivity index (χ3n) is 4.95. The zero-order valence-electron chi connectivity index (χ0n) is 19.5. The minimum absolute atomic E-state index is 0.0573. The molecule has 8 nitrogen and oxygen atoms in total. The Kier molecular flexibility index (Phi) is 9.25. The lowest BCUT2D eigenvalue weighted by Crippen LogP contribution is -2.30. The van der Waals surface area contributed by atoms with Gasteiger partial charge in [-0.25, -0.2) is 13.2 Å². The first-order valence-corrected chi connectivity index (χ1v) is 13.8. The van der Waals surface area contributed by atoms with Gasteiger partial charge in [0.1, 0.15) is 5.00 Å². The SMILES string of the molecule is CCOC(=O)c1cc(-c2ccccc2)sc1NC(=O)[C@@H](C)OC(=O)CCS(=O)(=O)c1ccccc1Cl. The largest absolute Gasteiger partial charge is 0.462 e. The number of anilines is 1. The number of rotatable bonds is 10. The van der Waals surface area contributed by atoms with E-state index < -0.39 is 46.0 Å². The van der Waals surface area contributed by atoms with E-state index in [0.29, 0.717) is 0 Å². The minimum atomic E-state index is -3.82. The van der Waals surface area contributed by atoms with Gasteiger partial charge in [0.05, 0.1) is 34.3 Å². The molecule has 0 unspecified atom stereocenters. The van der Waals surface area contributed by atoms with Gasteiger partial charge in [0.2, 0.25) is 0 Å². The van der Waals surface area contributed by atoms with Gasteiger partial charge in [0.25, 0.3) is 5.91 Å². The van der Waals surface area contributed by atoms with Gasteiger partial charge in [-0.05, 0) is 37.6 Å². The molecule has 0 fully saturated rings. The van der Waals surface area contributed by atoms with E-state index in [1.54, 1.807) is 19.1 Å². The fourth-order valence-corrected chi connectivity index (χ4v) is 5.99. The fourth-order valence-electron chi connectivity index (χ4n) is 3.14. The highest BCUT2D eigenvalue weighted by atomic mass is 35.5. The molecule has 11 heteroatoms. The topological polar surface area (TPSA) is 116 Å². The maximum atomic E-state index is 12.7. The van der Waals surface area contributed by atoms with Gasteiger partial charge in [0, 0.05) is 4.88 Å². The maximum Gasteiger partial charge on any atom is 0.341 e. The van der Waals surface area contributed by atoms with E-state index in [1.165, 1.54) is 36.5 Å². The molecule has 1 amide bonds. The second-order valence-corrected chi connectivity index (χ2v) is 11.1. The van der Waals surface area contributed by atoms with E-state index in [-0.39, 0.29) is 27.1 Å². The molecule has 0 saturated heterocycles. The smallest absolute Gasteiger partial charge is 0.341 e. The zero-order chi connectivity index (χ0) is 26.3. The van der Waals surface area contributed by atoms with Crippen LogP contribution in [-0.2, 0) is 28.9 Å². The Morgan fingerprint density at radius 1 is 1.06 bits per heavy atom. The third kappa shape index (κ3) is 6.93. The Morgan fingerprint density at radius 3 is 2.39 bits per heavy atom. The van der Waals surface area contributed by atoms with Crippen molar-refractivity contribution in [3.05, 3.63) is 71.2 Å². The van der Waals surface area contributed by atoms with E-state index in [9.17, 15) is 22.8 Å². The van der Waals surface area contributed by atoms with E-state index in [1.807, 2.05) is 30.3 Å². The molecule has 1 atom stereocenters. The fraction of sp³-hybridized carbons (Fsp3) is 0.240. The average Bonchev–Trinajstić information content (AvgIpc) is 3.27. The highest BCUT2D eigenvalue weighted by molar-refractivity contribution is 7.91. The van der Waals surface area contributed by atoms with Crippen LogP contribution in [0.4, 0.5) is 5.00 Å². The normalized spacial score (nSPS) is 12.0. The molecule has 2 aromatic carbocycles. The van der Waals surface area contributed by atoms with Crippen molar-refractivity contribution in [2.45, 2.75) is 31.3 Å². The maximum absolute atomic E-state index is 12.7. The number of thiophene rings is 1. The molecule has 0 aliphatic rings. The molecule has 0 saturated carbocycles. The van der Waals surface area contributed by atoms with Crippen molar-refractivity contribution >= 4 is 55.6 Å². The molecule has 0 radical (unpaired) electrons. The Labute approximate surface area is 218 Å². The van der Waals surface area contributed by atoms with Crippen LogP contribution in [0.2, 0.25) is 5.02 Å². The molecule has 0 aliphatic heterocycles. The lowest BCUT2D eigenvalue weighted by Gasteiger charge is -2.14. The predicted octanol–water partition coefficient (Wildman–Crippen LogP) is 4.98. The number of amides is 1. The third-order valence-corrected chi connectivity index (χ3v) is 8.26. The number of esters is 2. The standard InChI is InChI=1S/C25H24ClNO7S2/c1-3-33-25(30)18-15-20(17-9-5-4-6-10-17)35-24(18)27-23(29)16(2)34-22(28)13-14-36(31,32)21-12-8-7-11-19(21)26/h4-12,15-16H,3,13-14H2,1-2H3,(H,27,29)/t16-/m1/s1. The summed E-state index contributed by atoms with van der Waals surface area (Å²) in [6, 6.07) is 16.9. The van der Waals surface area contributed by atoms with E-state index in [0.717, 1.165) is 10.4 Å². The second kappa shape index (κ2) is 12.2. The van der Waals surface area contributed by atoms with Crippen LogP contribution in [0, 0.1) is 0 Å². The Morgan fingerprint density at radius 2 is 1.72 bits per heavy atom. The molecule has 1 heterocycles. The quantitative estimate of drug-likeness (QED) is 0.354. The van der Waals surface area contributed by atoms with Crippen LogP contribution in [0.5, 0.6) is 0 Å². The molecule has 36 heavy (non-hydrogen) atoms. The first kappa shape index (κ1) is 27.4. The summed E-state index contributed by atoms with van der Waals surface area (Å²) in [5, 5.41) is 2.93. The van der Waals surface area contributed by atoms with Crippen LogP contribution in [-0.4, -0.2) is 44.7 Å². The van der Waals surface area contributed by atoms with Crippen LogP contribution >= 0.6 is 22.9 Å². The van der Waals surface area contributed by atoms with Gasteiger partial charge in [-0.15, -0.1) is 11.3 Å². The van der Waals surface area contributed by atoms with Crippen molar-refractivity contribution in [2.24, 2.45) is 0 Å². The second-order valence-electron chi connectivity index (χ2n) is 7.56. The highest BCUT2D eigenvalue weighted by Gasteiger charge is 2.25. The molecular formula is C25H24ClNO7S2. The first-order chi connectivity index (χ1) is 17.1. The van der Waals surface area contributed by atoms with Crippen LogP contribution in [0.25, 0.3) is 10.4 Å². The van der Waals surface area contributed by atoms with E-state index >= 15 is 0 Å². The van der Waals surface area contributed by atoms with Gasteiger partial charge < -0.3 is 14.8 Å². The molecule has 0 aliphatic carbocycles. The summed E-state index contributed by atoms with van der Waals surface area (Å²) in [5.41, 5.74) is 1.03. The molecular weight excluding hydrogens is 526 g/mol. The number of halogens is 1. The Hall–Kier alpha value is -3.21. The number of carbonyl (C=O) groups is 3. The predicted molar refractivity (Wildman–Crippen MR) is 138 cm³/mol. The number of carbonyl (C=O) groups excluding carboxylic acids is 3. The summed E-state index contributed by atoms with van der Waals surface area (Å²) in [7, 11) is -3.82. The molecule has 1 aromatic heterocycles. The van der Waals surface area contributed by atoms with Crippen molar-refractivity contribution in [3.8, 4) is 10.4 Å². The number of ether oxygens (including phenoxy) is 2. The summed E-state index contributed by atoms with van der Waals surface area (Å²) < 4.78 is 35.2. The molecule has 0 spiro atoms. The molecule has 3 aromatic rings. The number of hydrogen-bond donors (Lipinski definition) is 1.